The highest BCUT2D eigenvalue weighted by atomic mass is 14.0. The molecule has 0 radical (unpaired) electrons. The molecule has 0 spiro atoms. The van der Waals surface area contributed by atoms with E-state index in [9.17, 15) is 0 Å². The van der Waals surface area contributed by atoms with E-state index in [-0.39, 0.29) is 0 Å². The van der Waals surface area contributed by atoms with Crippen LogP contribution in [0.15, 0.2) is 48.6 Å². The van der Waals surface area contributed by atoms with E-state index in [0.717, 1.165) is 12.0 Å². The smallest absolute Gasteiger partial charge is 0.00952 e. The SMILES string of the molecule is C=C/C=C(\C/C=C\C)C(=C)C.CC.CC.CCC. The Kier molecular flexibility index (Phi) is 42.5. The van der Waals surface area contributed by atoms with Gasteiger partial charge in [0.25, 0.3) is 0 Å². The van der Waals surface area contributed by atoms with E-state index in [2.05, 4.69) is 33.1 Å². The fourth-order valence-electron chi connectivity index (χ4n) is 0.772. The lowest BCUT2D eigenvalue weighted by molar-refractivity contribution is 1.09. The molecule has 0 atom stereocenters. The summed E-state index contributed by atoms with van der Waals surface area (Å²) < 4.78 is 0. The minimum Gasteiger partial charge on any atom is -0.0991 e. The molecule has 0 heteroatoms. The monoisotopic (exact) mass is 252 g/mol. The zero-order valence-corrected chi connectivity index (χ0v) is 14.1. The first kappa shape index (κ1) is 25.7. The van der Waals surface area contributed by atoms with Crippen molar-refractivity contribution in [1.82, 2.24) is 0 Å². The van der Waals surface area contributed by atoms with Crippen molar-refractivity contribution in [2.45, 2.75) is 68.2 Å². The van der Waals surface area contributed by atoms with Gasteiger partial charge in [-0.2, -0.15) is 0 Å². The van der Waals surface area contributed by atoms with Gasteiger partial charge in [-0.25, -0.2) is 0 Å². The molecule has 0 N–H and O–H groups in total. The molecule has 0 aliphatic carbocycles. The second kappa shape index (κ2) is 29.7. The summed E-state index contributed by atoms with van der Waals surface area (Å²) in [5.74, 6) is 0. The van der Waals surface area contributed by atoms with E-state index in [1.807, 2.05) is 53.7 Å². The number of hydrogen-bond acceptors (Lipinski definition) is 0. The Balaban J connectivity index is -0.000000118. The van der Waals surface area contributed by atoms with Crippen molar-refractivity contribution in [3.63, 3.8) is 0 Å². The van der Waals surface area contributed by atoms with Gasteiger partial charge in [0.2, 0.25) is 0 Å². The van der Waals surface area contributed by atoms with Gasteiger partial charge in [-0.1, -0.05) is 91.0 Å². The Morgan fingerprint density at radius 2 is 1.44 bits per heavy atom. The molecule has 0 aromatic carbocycles. The van der Waals surface area contributed by atoms with Crippen molar-refractivity contribution in [3.05, 3.63) is 48.6 Å². The van der Waals surface area contributed by atoms with Gasteiger partial charge in [0, 0.05) is 0 Å². The predicted molar refractivity (Wildman–Crippen MR) is 91.2 cm³/mol. The first-order chi connectivity index (χ1) is 8.63. The molecule has 0 heterocycles. The zero-order chi connectivity index (χ0) is 15.4. The second-order valence-corrected chi connectivity index (χ2v) is 3.19. The lowest BCUT2D eigenvalue weighted by Gasteiger charge is -2.00. The van der Waals surface area contributed by atoms with Crippen LogP contribution in [0.1, 0.15) is 68.2 Å². The summed E-state index contributed by atoms with van der Waals surface area (Å²) >= 11 is 0. The van der Waals surface area contributed by atoms with Crippen molar-refractivity contribution in [1.29, 1.82) is 0 Å². The molecule has 0 bridgehead atoms. The fraction of sp³-hybridized carbons (Fsp3) is 0.556. The van der Waals surface area contributed by atoms with Crippen LogP contribution in [0.5, 0.6) is 0 Å². The van der Waals surface area contributed by atoms with E-state index in [4.69, 9.17) is 0 Å². The average Bonchev–Trinajstić information content (AvgIpc) is 2.40. The molecule has 0 saturated heterocycles. The quantitative estimate of drug-likeness (QED) is 0.369. The van der Waals surface area contributed by atoms with E-state index in [1.54, 1.807) is 6.08 Å². The maximum atomic E-state index is 3.88. The maximum Gasteiger partial charge on any atom is -0.00952 e. The van der Waals surface area contributed by atoms with Crippen LogP contribution < -0.4 is 0 Å². The van der Waals surface area contributed by atoms with Crippen molar-refractivity contribution in [2.75, 3.05) is 0 Å². The van der Waals surface area contributed by atoms with Crippen LogP contribution in [0, 0.1) is 0 Å². The lowest BCUT2D eigenvalue weighted by Crippen LogP contribution is -1.80. The van der Waals surface area contributed by atoms with Gasteiger partial charge in [0.15, 0.2) is 0 Å². The van der Waals surface area contributed by atoms with Gasteiger partial charge >= 0.3 is 0 Å². The molecule has 0 amide bonds. The molecule has 0 aliphatic heterocycles. The first-order valence-electron chi connectivity index (χ1n) is 7.22. The summed E-state index contributed by atoms with van der Waals surface area (Å²) in [5, 5.41) is 0. The van der Waals surface area contributed by atoms with Gasteiger partial charge in [0.1, 0.15) is 0 Å². The highest BCUT2D eigenvalue weighted by Crippen LogP contribution is 2.11. The summed E-state index contributed by atoms with van der Waals surface area (Å²) in [7, 11) is 0. The van der Waals surface area contributed by atoms with Crippen molar-refractivity contribution >= 4 is 0 Å². The summed E-state index contributed by atoms with van der Waals surface area (Å²) in [6.07, 6.45) is 10.2. The summed E-state index contributed by atoms with van der Waals surface area (Å²) in [6, 6.07) is 0. The molecule has 0 aromatic heterocycles. The maximum absolute atomic E-state index is 3.88. The number of hydrogen-bond donors (Lipinski definition) is 0. The molecule has 0 saturated carbocycles. The van der Waals surface area contributed by atoms with Crippen molar-refractivity contribution < 1.29 is 0 Å². The third-order valence-electron chi connectivity index (χ3n) is 1.44. The van der Waals surface area contributed by atoms with Gasteiger partial charge in [-0.15, -0.1) is 0 Å². The number of allylic oxidation sites excluding steroid dienone is 6. The standard InChI is InChI=1S/C11H16.C3H8.2C2H6/c1-5-7-9-11(8-6-2)10(3)4;1-3-2;2*1-2/h5-8H,2-3,9H2,1,4H3;3H2,1-2H3;2*1-2H3/b7-5-,11-8+;;;. The molecule has 0 nitrogen and oxygen atoms in total. The number of rotatable bonds is 4. The van der Waals surface area contributed by atoms with E-state index in [1.165, 1.54) is 12.0 Å². The van der Waals surface area contributed by atoms with E-state index in [0.29, 0.717) is 0 Å². The van der Waals surface area contributed by atoms with Crippen LogP contribution >= 0.6 is 0 Å². The Morgan fingerprint density at radius 3 is 1.67 bits per heavy atom. The third kappa shape index (κ3) is 29.4. The van der Waals surface area contributed by atoms with Gasteiger partial charge in [-0.3, -0.25) is 0 Å². The molecule has 108 valence electrons. The molecular formula is C18H36. The minimum absolute atomic E-state index is 0.956. The average molecular weight is 252 g/mol. The first-order valence-corrected chi connectivity index (χ1v) is 7.22. The fourth-order valence-corrected chi connectivity index (χ4v) is 0.772. The van der Waals surface area contributed by atoms with Crippen LogP contribution in [0.4, 0.5) is 0 Å². The predicted octanol–water partition coefficient (Wildman–Crippen LogP) is 7.11. The topological polar surface area (TPSA) is 0 Å². The summed E-state index contributed by atoms with van der Waals surface area (Å²) in [4.78, 5) is 0. The summed E-state index contributed by atoms with van der Waals surface area (Å²) in [6.45, 7) is 23.8. The van der Waals surface area contributed by atoms with Crippen LogP contribution in [0.2, 0.25) is 0 Å². The Hall–Kier alpha value is -1.04. The molecule has 0 aromatic rings. The normalized spacial score (nSPS) is 9.00. The van der Waals surface area contributed by atoms with Gasteiger partial charge in [0.05, 0.1) is 0 Å². The molecule has 0 unspecified atom stereocenters. The lowest BCUT2D eigenvalue weighted by atomic mass is 10.1. The molecular weight excluding hydrogens is 216 g/mol. The Bertz CT molecular complexity index is 204. The third-order valence-corrected chi connectivity index (χ3v) is 1.44. The zero-order valence-electron chi connectivity index (χ0n) is 14.1. The highest BCUT2D eigenvalue weighted by molar-refractivity contribution is 5.31. The van der Waals surface area contributed by atoms with Crippen molar-refractivity contribution in [2.24, 2.45) is 0 Å². The van der Waals surface area contributed by atoms with Crippen LogP contribution in [-0.4, -0.2) is 0 Å². The Morgan fingerprint density at radius 1 is 1.06 bits per heavy atom. The molecule has 0 fully saturated rings. The van der Waals surface area contributed by atoms with Gasteiger partial charge in [-0.05, 0) is 25.8 Å². The van der Waals surface area contributed by atoms with Crippen molar-refractivity contribution in [3.8, 4) is 0 Å². The van der Waals surface area contributed by atoms with E-state index >= 15 is 0 Å². The Labute approximate surface area is 117 Å². The van der Waals surface area contributed by atoms with Gasteiger partial charge < -0.3 is 0 Å². The summed E-state index contributed by atoms with van der Waals surface area (Å²) in [5.41, 5.74) is 2.36. The molecule has 0 aliphatic rings. The second-order valence-electron chi connectivity index (χ2n) is 3.19. The largest absolute Gasteiger partial charge is 0.0991 e. The van der Waals surface area contributed by atoms with Crippen LogP contribution in [0.3, 0.4) is 0 Å². The molecule has 0 rings (SSSR count). The highest BCUT2D eigenvalue weighted by Gasteiger charge is 1.91. The van der Waals surface area contributed by atoms with Crippen LogP contribution in [-0.2, 0) is 0 Å². The van der Waals surface area contributed by atoms with E-state index < -0.39 is 0 Å². The van der Waals surface area contributed by atoms with Crippen LogP contribution in [0.25, 0.3) is 0 Å². The molecule has 18 heavy (non-hydrogen) atoms. The minimum atomic E-state index is 0.956.